The highest BCUT2D eigenvalue weighted by molar-refractivity contribution is 6.30. The van der Waals surface area contributed by atoms with Crippen LogP contribution in [0, 0.1) is 5.82 Å². The van der Waals surface area contributed by atoms with Crippen molar-refractivity contribution in [3.8, 4) is 16.9 Å². The first-order chi connectivity index (χ1) is 8.67. The van der Waals surface area contributed by atoms with Gasteiger partial charge in [0.25, 0.3) is 0 Å². The van der Waals surface area contributed by atoms with Crippen LogP contribution < -0.4 is 10.5 Å². The molecule has 0 saturated heterocycles. The lowest BCUT2D eigenvalue weighted by atomic mass is 10.0. The summed E-state index contributed by atoms with van der Waals surface area (Å²) in [4.78, 5) is 0. The van der Waals surface area contributed by atoms with E-state index in [9.17, 15) is 4.39 Å². The minimum Gasteiger partial charge on any atom is -0.496 e. The zero-order chi connectivity index (χ0) is 13.1. The highest BCUT2D eigenvalue weighted by Crippen LogP contribution is 2.35. The summed E-state index contributed by atoms with van der Waals surface area (Å²) >= 11 is 5.93. The number of nitrogens with two attached hydrogens (primary N) is 1. The smallest absolute Gasteiger partial charge is 0.139 e. The third-order valence-electron chi connectivity index (χ3n) is 2.74. The molecule has 18 heavy (non-hydrogen) atoms. The molecule has 0 aliphatic heterocycles. The van der Waals surface area contributed by atoms with E-state index in [1.165, 1.54) is 7.11 Å². The molecule has 0 heterocycles. The maximum absolute atomic E-state index is 14.3. The highest BCUT2D eigenvalue weighted by Gasteiger charge is 2.15. The van der Waals surface area contributed by atoms with Gasteiger partial charge in [0.2, 0.25) is 0 Å². The summed E-state index contributed by atoms with van der Waals surface area (Å²) in [5.74, 6) is 0.103. The first-order valence-electron chi connectivity index (χ1n) is 5.48. The van der Waals surface area contributed by atoms with E-state index in [0.29, 0.717) is 27.5 Å². The van der Waals surface area contributed by atoms with Crippen LogP contribution in [0.15, 0.2) is 36.4 Å². The average Bonchev–Trinajstić information content (AvgIpc) is 2.38. The zero-order valence-electron chi connectivity index (χ0n) is 9.91. The Morgan fingerprint density at radius 2 is 2.06 bits per heavy atom. The van der Waals surface area contributed by atoms with Crippen LogP contribution in [0.5, 0.6) is 5.75 Å². The van der Waals surface area contributed by atoms with Crippen LogP contribution in [-0.4, -0.2) is 7.11 Å². The second-order valence-electron chi connectivity index (χ2n) is 3.83. The summed E-state index contributed by atoms with van der Waals surface area (Å²) in [5.41, 5.74) is 7.03. The molecule has 0 saturated carbocycles. The van der Waals surface area contributed by atoms with Crippen molar-refractivity contribution in [2.45, 2.75) is 6.54 Å². The molecular weight excluding hydrogens is 253 g/mol. The Morgan fingerprint density at radius 1 is 1.28 bits per heavy atom. The second-order valence-corrected chi connectivity index (χ2v) is 4.27. The fourth-order valence-corrected chi connectivity index (χ4v) is 2.03. The van der Waals surface area contributed by atoms with Gasteiger partial charge in [-0.3, -0.25) is 0 Å². The van der Waals surface area contributed by atoms with Crippen molar-refractivity contribution in [2.24, 2.45) is 5.73 Å². The molecule has 0 amide bonds. The number of halogens is 2. The van der Waals surface area contributed by atoms with Crippen LogP contribution in [0.25, 0.3) is 11.1 Å². The number of hydrogen-bond acceptors (Lipinski definition) is 2. The van der Waals surface area contributed by atoms with Gasteiger partial charge in [-0.05, 0) is 23.8 Å². The summed E-state index contributed by atoms with van der Waals surface area (Å²) in [6.45, 7) is 0.142. The third-order valence-corrected chi connectivity index (χ3v) is 2.97. The second kappa shape index (κ2) is 5.38. The summed E-state index contributed by atoms with van der Waals surface area (Å²) in [6, 6.07) is 10.3. The molecular formula is C14H13ClFNO. The van der Waals surface area contributed by atoms with E-state index in [1.807, 2.05) is 0 Å². The van der Waals surface area contributed by atoms with E-state index in [2.05, 4.69) is 0 Å². The molecule has 0 aliphatic carbocycles. The standard InChI is InChI=1S/C14H13ClFNO/c1-18-12-6-5-10(8-17)14(16)13(12)9-3-2-4-11(15)7-9/h2-7H,8,17H2,1H3. The molecule has 2 nitrogen and oxygen atoms in total. The van der Waals surface area contributed by atoms with Crippen molar-refractivity contribution >= 4 is 11.6 Å². The molecule has 0 aromatic heterocycles. The monoisotopic (exact) mass is 265 g/mol. The molecule has 94 valence electrons. The SMILES string of the molecule is COc1ccc(CN)c(F)c1-c1cccc(Cl)c1. The molecule has 0 unspecified atom stereocenters. The first kappa shape index (κ1) is 12.9. The lowest BCUT2D eigenvalue weighted by molar-refractivity contribution is 0.413. The topological polar surface area (TPSA) is 35.2 Å². The van der Waals surface area contributed by atoms with Crippen LogP contribution in [0.2, 0.25) is 5.02 Å². The van der Waals surface area contributed by atoms with E-state index in [1.54, 1.807) is 36.4 Å². The summed E-state index contributed by atoms with van der Waals surface area (Å²) in [6.07, 6.45) is 0. The van der Waals surface area contributed by atoms with Gasteiger partial charge in [0.05, 0.1) is 12.7 Å². The van der Waals surface area contributed by atoms with Crippen molar-refractivity contribution in [1.82, 2.24) is 0 Å². The van der Waals surface area contributed by atoms with Crippen LogP contribution in [0.4, 0.5) is 4.39 Å². The summed E-state index contributed by atoms with van der Waals surface area (Å²) in [5, 5.41) is 0.548. The van der Waals surface area contributed by atoms with E-state index >= 15 is 0 Å². The number of benzene rings is 2. The molecule has 2 aromatic carbocycles. The lowest BCUT2D eigenvalue weighted by Crippen LogP contribution is -2.02. The number of ether oxygens (including phenoxy) is 1. The van der Waals surface area contributed by atoms with Gasteiger partial charge in [-0.1, -0.05) is 29.8 Å². The van der Waals surface area contributed by atoms with Gasteiger partial charge in [-0.2, -0.15) is 0 Å². The predicted octanol–water partition coefficient (Wildman–Crippen LogP) is 3.61. The minimum atomic E-state index is -0.362. The first-order valence-corrected chi connectivity index (χ1v) is 5.86. The molecule has 0 spiro atoms. The number of methoxy groups -OCH3 is 1. The molecule has 0 atom stereocenters. The molecule has 0 bridgehead atoms. The van der Waals surface area contributed by atoms with Crippen LogP contribution >= 0.6 is 11.6 Å². The minimum absolute atomic E-state index is 0.142. The van der Waals surface area contributed by atoms with Gasteiger partial charge < -0.3 is 10.5 Å². The molecule has 0 radical (unpaired) electrons. The normalized spacial score (nSPS) is 10.4. The molecule has 2 rings (SSSR count). The fourth-order valence-electron chi connectivity index (χ4n) is 1.84. The van der Waals surface area contributed by atoms with Crippen molar-refractivity contribution in [3.63, 3.8) is 0 Å². The Hall–Kier alpha value is -1.58. The largest absolute Gasteiger partial charge is 0.496 e. The predicted molar refractivity (Wildman–Crippen MR) is 71.3 cm³/mol. The van der Waals surface area contributed by atoms with Gasteiger partial charge in [0.15, 0.2) is 0 Å². The van der Waals surface area contributed by atoms with Gasteiger partial charge >= 0.3 is 0 Å². The maximum atomic E-state index is 14.3. The Kier molecular flexibility index (Phi) is 3.84. The molecule has 0 aliphatic rings. The fraction of sp³-hybridized carbons (Fsp3) is 0.143. The summed E-state index contributed by atoms with van der Waals surface area (Å²) < 4.78 is 19.5. The molecule has 2 N–H and O–H groups in total. The Labute approximate surface area is 110 Å². The lowest BCUT2D eigenvalue weighted by Gasteiger charge is -2.12. The Balaban J connectivity index is 2.68. The van der Waals surface area contributed by atoms with Gasteiger partial charge in [-0.25, -0.2) is 4.39 Å². The zero-order valence-corrected chi connectivity index (χ0v) is 10.7. The number of rotatable bonds is 3. The average molecular weight is 266 g/mol. The van der Waals surface area contributed by atoms with E-state index in [-0.39, 0.29) is 12.4 Å². The van der Waals surface area contributed by atoms with Crippen molar-refractivity contribution in [3.05, 3.63) is 52.8 Å². The van der Waals surface area contributed by atoms with Gasteiger partial charge in [0, 0.05) is 17.1 Å². The Bertz CT molecular complexity index is 572. The van der Waals surface area contributed by atoms with Crippen molar-refractivity contribution in [2.75, 3.05) is 7.11 Å². The number of hydrogen-bond donors (Lipinski definition) is 1. The molecule has 0 fully saturated rings. The van der Waals surface area contributed by atoms with Crippen LogP contribution in [0.3, 0.4) is 0 Å². The van der Waals surface area contributed by atoms with E-state index in [0.717, 1.165) is 0 Å². The third kappa shape index (κ3) is 2.33. The van der Waals surface area contributed by atoms with Gasteiger partial charge in [-0.15, -0.1) is 0 Å². The maximum Gasteiger partial charge on any atom is 0.139 e. The Morgan fingerprint density at radius 3 is 2.67 bits per heavy atom. The molecule has 2 aromatic rings. The quantitative estimate of drug-likeness (QED) is 0.920. The van der Waals surface area contributed by atoms with Crippen molar-refractivity contribution < 1.29 is 9.13 Å². The van der Waals surface area contributed by atoms with Crippen LogP contribution in [-0.2, 0) is 6.54 Å². The summed E-state index contributed by atoms with van der Waals surface area (Å²) in [7, 11) is 1.50. The van der Waals surface area contributed by atoms with Crippen LogP contribution in [0.1, 0.15) is 5.56 Å². The molecule has 4 heteroatoms. The van der Waals surface area contributed by atoms with E-state index < -0.39 is 0 Å². The van der Waals surface area contributed by atoms with E-state index in [4.69, 9.17) is 22.1 Å². The van der Waals surface area contributed by atoms with Crippen molar-refractivity contribution in [1.29, 1.82) is 0 Å². The highest BCUT2D eigenvalue weighted by atomic mass is 35.5. The van der Waals surface area contributed by atoms with Gasteiger partial charge in [0.1, 0.15) is 11.6 Å².